The molecule has 7 nitrogen and oxygen atoms in total. The summed E-state index contributed by atoms with van der Waals surface area (Å²) in [6.07, 6.45) is 3.58. The van der Waals surface area contributed by atoms with Crippen molar-refractivity contribution in [3.63, 3.8) is 0 Å². The van der Waals surface area contributed by atoms with Crippen LogP contribution in [0.15, 0.2) is 18.3 Å². The molecule has 0 fully saturated rings. The van der Waals surface area contributed by atoms with Crippen LogP contribution in [0.25, 0.3) is 6.08 Å². The first kappa shape index (κ1) is 16.2. The van der Waals surface area contributed by atoms with E-state index in [2.05, 4.69) is 11.6 Å². The van der Waals surface area contributed by atoms with Gasteiger partial charge in [-0.3, -0.25) is 14.1 Å². The van der Waals surface area contributed by atoms with Gasteiger partial charge in [0.1, 0.15) is 0 Å². The molecule has 1 aromatic rings. The summed E-state index contributed by atoms with van der Waals surface area (Å²) in [6.45, 7) is 4.23. The minimum absolute atomic E-state index is 0.657. The molecule has 0 radical (unpaired) electrons. The zero-order valence-electron chi connectivity index (χ0n) is 8.72. The molecule has 0 aliphatic rings. The highest BCUT2D eigenvalue weighted by molar-refractivity contribution is 8.03. The lowest BCUT2D eigenvalue weighted by molar-refractivity contribution is 0.458. The zero-order chi connectivity index (χ0) is 13.7. The Morgan fingerprint density at radius 3 is 1.94 bits per heavy atom. The van der Waals surface area contributed by atoms with Crippen molar-refractivity contribution in [2.75, 3.05) is 0 Å². The predicted octanol–water partition coefficient (Wildman–Crippen LogP) is 0.894. The zero-order valence-corrected chi connectivity index (χ0v) is 11.2. The summed E-state index contributed by atoms with van der Waals surface area (Å²) in [5, 5.41) is 0. The maximum atomic E-state index is 9.99. The molecule has 1 heterocycles. The third kappa shape index (κ3) is 6.48. The Labute approximate surface area is 103 Å². The second-order valence-electron chi connectivity index (χ2n) is 2.71. The normalized spacial score (nSPS) is 11.8. The van der Waals surface area contributed by atoms with E-state index >= 15 is 0 Å². The van der Waals surface area contributed by atoms with Gasteiger partial charge in [-0.15, -0.1) is 11.3 Å². The topological polar surface area (TPSA) is 122 Å². The molecular weight excluding hydrogens is 290 g/mol. The van der Waals surface area contributed by atoms with E-state index in [-0.39, 0.29) is 0 Å². The number of aromatic nitrogens is 1. The van der Waals surface area contributed by atoms with E-state index in [1.165, 1.54) is 0 Å². The van der Waals surface area contributed by atoms with Crippen molar-refractivity contribution in [1.82, 2.24) is 4.98 Å². The van der Waals surface area contributed by atoms with Crippen molar-refractivity contribution >= 4 is 37.6 Å². The van der Waals surface area contributed by atoms with E-state index in [1.807, 2.05) is 0 Å². The maximum Gasteiger partial charge on any atom is 0.284 e. The summed E-state index contributed by atoms with van der Waals surface area (Å²) in [5.74, 6) is 0. The second kappa shape index (κ2) is 6.21. The van der Waals surface area contributed by atoms with Crippen LogP contribution < -0.4 is 0 Å². The minimum atomic E-state index is -4.70. The first-order valence-corrected chi connectivity index (χ1v) is 7.91. The standard InChI is InChI=1S/C5H5NS.C2H6O6S2/c1-2-5-3-6-4-7-5;1-2(9(3,4)5)10(6,7)8/h2-4H,1H2;2H,1H3,(H,3,4,5)(H,6,7,8). The number of hydrogen-bond acceptors (Lipinski definition) is 6. The molecule has 2 N–H and O–H groups in total. The molecule has 0 atom stereocenters. The third-order valence-corrected chi connectivity index (χ3v) is 5.40. The molecule has 0 aromatic carbocycles. The lowest BCUT2D eigenvalue weighted by Crippen LogP contribution is -2.25. The molecule has 0 unspecified atom stereocenters. The van der Waals surface area contributed by atoms with Crippen molar-refractivity contribution < 1.29 is 25.9 Å². The van der Waals surface area contributed by atoms with Crippen molar-refractivity contribution in [2.45, 2.75) is 11.5 Å². The lowest BCUT2D eigenvalue weighted by Gasteiger charge is -2.01. The van der Waals surface area contributed by atoms with Gasteiger partial charge >= 0.3 is 0 Å². The summed E-state index contributed by atoms with van der Waals surface area (Å²) < 4.78 is 53.9. The van der Waals surface area contributed by atoms with Gasteiger partial charge in [-0.1, -0.05) is 12.7 Å². The molecule has 1 aromatic heterocycles. The highest BCUT2D eigenvalue weighted by atomic mass is 32.3. The maximum absolute atomic E-state index is 9.99. The Bertz CT molecular complexity index is 512. The molecule has 0 aliphatic heterocycles. The van der Waals surface area contributed by atoms with Crippen LogP contribution in [0.1, 0.15) is 11.8 Å². The van der Waals surface area contributed by atoms with Gasteiger partial charge in [0.15, 0.2) is 0 Å². The van der Waals surface area contributed by atoms with E-state index in [0.717, 1.165) is 4.88 Å². The quantitative estimate of drug-likeness (QED) is 0.795. The average molecular weight is 301 g/mol. The Kier molecular flexibility index (Phi) is 5.92. The summed E-state index contributed by atoms with van der Waals surface area (Å²) in [4.78, 5) is 4.97. The SMILES string of the molecule is C=Cc1cncs1.CC(S(=O)(=O)O)S(=O)(=O)O. The summed E-state index contributed by atoms with van der Waals surface area (Å²) >= 11 is 1.59. The molecule has 0 spiro atoms. The molecule has 0 saturated carbocycles. The second-order valence-corrected chi connectivity index (χ2v) is 7.40. The van der Waals surface area contributed by atoms with E-state index < -0.39 is 24.8 Å². The van der Waals surface area contributed by atoms with Crippen LogP contribution in [-0.2, 0) is 20.2 Å². The summed E-state index contributed by atoms with van der Waals surface area (Å²) in [5.41, 5.74) is 1.79. The van der Waals surface area contributed by atoms with Crippen molar-refractivity contribution in [1.29, 1.82) is 0 Å². The van der Waals surface area contributed by atoms with Crippen LogP contribution in [0, 0.1) is 0 Å². The smallest absolute Gasteiger partial charge is 0.284 e. The average Bonchev–Trinajstić information content (AvgIpc) is 2.67. The molecule has 0 aliphatic carbocycles. The number of rotatable bonds is 3. The molecule has 1 rings (SSSR count). The molecule has 0 saturated heterocycles. The fourth-order valence-electron chi connectivity index (χ4n) is 0.480. The van der Waals surface area contributed by atoms with E-state index in [4.69, 9.17) is 9.11 Å². The van der Waals surface area contributed by atoms with Gasteiger partial charge in [0, 0.05) is 11.1 Å². The van der Waals surface area contributed by atoms with Gasteiger partial charge in [-0.25, -0.2) is 0 Å². The summed E-state index contributed by atoms with van der Waals surface area (Å²) in [7, 11) is -9.40. The van der Waals surface area contributed by atoms with Gasteiger partial charge in [-0.2, -0.15) is 16.8 Å². The molecular formula is C7H11NO6S3. The molecule has 98 valence electrons. The predicted molar refractivity (Wildman–Crippen MR) is 64.8 cm³/mol. The fraction of sp³-hybridized carbons (Fsp3) is 0.286. The first-order valence-electron chi connectivity index (χ1n) is 4.02. The van der Waals surface area contributed by atoms with Crippen LogP contribution in [0.5, 0.6) is 0 Å². The third-order valence-electron chi connectivity index (χ3n) is 1.49. The monoisotopic (exact) mass is 301 g/mol. The lowest BCUT2D eigenvalue weighted by atomic mass is 10.6. The highest BCUT2D eigenvalue weighted by Gasteiger charge is 2.29. The van der Waals surface area contributed by atoms with Crippen LogP contribution in [-0.4, -0.2) is 35.5 Å². The van der Waals surface area contributed by atoms with E-state index in [9.17, 15) is 16.8 Å². The molecule has 0 amide bonds. The number of thiazole rings is 1. The Balaban J connectivity index is 0.000000318. The van der Waals surface area contributed by atoms with Crippen LogP contribution in [0.2, 0.25) is 0 Å². The van der Waals surface area contributed by atoms with Gasteiger partial charge in [0.25, 0.3) is 20.2 Å². The minimum Gasteiger partial charge on any atom is -0.284 e. The fourth-order valence-corrected chi connectivity index (χ4v) is 2.17. The van der Waals surface area contributed by atoms with Gasteiger partial charge in [0.05, 0.1) is 5.51 Å². The highest BCUT2D eigenvalue weighted by Crippen LogP contribution is 2.05. The number of hydrogen-bond donors (Lipinski definition) is 2. The van der Waals surface area contributed by atoms with Crippen molar-refractivity contribution in [2.24, 2.45) is 0 Å². The van der Waals surface area contributed by atoms with Gasteiger partial charge in [0.2, 0.25) is 4.58 Å². The Hall–Kier alpha value is -0.810. The van der Waals surface area contributed by atoms with E-state index in [0.29, 0.717) is 6.92 Å². The Morgan fingerprint density at radius 2 is 1.82 bits per heavy atom. The summed E-state index contributed by atoms with van der Waals surface area (Å²) in [6, 6.07) is 0. The van der Waals surface area contributed by atoms with Crippen LogP contribution in [0.3, 0.4) is 0 Å². The van der Waals surface area contributed by atoms with Crippen LogP contribution in [0.4, 0.5) is 0 Å². The van der Waals surface area contributed by atoms with Gasteiger partial charge < -0.3 is 0 Å². The number of nitrogens with zero attached hydrogens (tertiary/aromatic N) is 1. The van der Waals surface area contributed by atoms with Crippen molar-refractivity contribution in [3.8, 4) is 0 Å². The van der Waals surface area contributed by atoms with Gasteiger partial charge in [-0.05, 0) is 6.92 Å². The van der Waals surface area contributed by atoms with E-state index in [1.54, 1.807) is 29.1 Å². The largest absolute Gasteiger partial charge is 0.284 e. The molecule has 0 bridgehead atoms. The first-order chi connectivity index (χ1) is 7.59. The van der Waals surface area contributed by atoms with Crippen LogP contribution >= 0.6 is 11.3 Å². The molecule has 10 heteroatoms. The molecule has 17 heavy (non-hydrogen) atoms. The van der Waals surface area contributed by atoms with Crippen molar-refractivity contribution in [3.05, 3.63) is 23.2 Å². The Morgan fingerprint density at radius 1 is 1.35 bits per heavy atom.